The summed E-state index contributed by atoms with van der Waals surface area (Å²) in [4.78, 5) is 36.6. The van der Waals surface area contributed by atoms with Gasteiger partial charge in [-0.25, -0.2) is 0 Å². The smallest absolute Gasteiger partial charge is 0.306 e. The number of rotatable bonds is 6. The molecule has 0 saturated carbocycles. The van der Waals surface area contributed by atoms with Gasteiger partial charge in [-0.15, -0.1) is 0 Å². The van der Waals surface area contributed by atoms with Gasteiger partial charge in [-0.1, -0.05) is 48.5 Å². The molecule has 23 heavy (non-hydrogen) atoms. The predicted molar refractivity (Wildman–Crippen MR) is 86.0 cm³/mol. The average Bonchev–Trinajstić information content (AvgIpc) is 2.60. The molecule has 5 heteroatoms. The average molecular weight is 311 g/mol. The molecule has 0 aliphatic heterocycles. The summed E-state index contributed by atoms with van der Waals surface area (Å²) in [5.41, 5.74) is 0.942. The number of esters is 1. The second-order valence-corrected chi connectivity index (χ2v) is 4.92. The van der Waals surface area contributed by atoms with E-state index in [4.69, 9.17) is 0 Å². The Bertz CT molecular complexity index is 683. The van der Waals surface area contributed by atoms with Crippen LogP contribution in [0, 0.1) is 5.92 Å². The lowest BCUT2D eigenvalue weighted by Gasteiger charge is -2.15. The van der Waals surface area contributed by atoms with Gasteiger partial charge >= 0.3 is 5.97 Å². The first-order valence-electron chi connectivity index (χ1n) is 7.14. The number of benzene rings is 2. The highest BCUT2D eigenvalue weighted by atomic mass is 16.5. The van der Waals surface area contributed by atoms with Crippen molar-refractivity contribution in [3.05, 3.63) is 66.2 Å². The first-order valence-corrected chi connectivity index (χ1v) is 7.14. The summed E-state index contributed by atoms with van der Waals surface area (Å²) in [5.74, 6) is -2.69. The van der Waals surface area contributed by atoms with Crippen LogP contribution in [0.5, 0.6) is 0 Å². The quantitative estimate of drug-likeness (QED) is 0.506. The van der Waals surface area contributed by atoms with E-state index in [-0.39, 0.29) is 6.42 Å². The van der Waals surface area contributed by atoms with E-state index in [1.165, 1.54) is 7.11 Å². The minimum Gasteiger partial charge on any atom is -0.469 e. The van der Waals surface area contributed by atoms with Crippen LogP contribution in [0.2, 0.25) is 0 Å². The molecule has 5 nitrogen and oxygen atoms in total. The van der Waals surface area contributed by atoms with Crippen LogP contribution in [0.3, 0.4) is 0 Å². The second-order valence-electron chi connectivity index (χ2n) is 4.92. The zero-order chi connectivity index (χ0) is 16.7. The number of ketones is 1. The van der Waals surface area contributed by atoms with Crippen LogP contribution in [0.4, 0.5) is 5.69 Å². The van der Waals surface area contributed by atoms with E-state index in [2.05, 4.69) is 10.1 Å². The number of carbonyl (C=O) groups is 3. The van der Waals surface area contributed by atoms with Crippen molar-refractivity contribution in [2.24, 2.45) is 5.92 Å². The molecule has 0 aromatic heterocycles. The molecule has 1 unspecified atom stereocenters. The van der Waals surface area contributed by atoms with E-state index in [0.29, 0.717) is 11.3 Å². The van der Waals surface area contributed by atoms with Crippen molar-refractivity contribution in [1.82, 2.24) is 0 Å². The molecule has 0 fully saturated rings. The number of para-hydroxylation sites is 1. The molecule has 2 aromatic carbocycles. The summed E-state index contributed by atoms with van der Waals surface area (Å²) in [6.07, 6.45) is -0.303. The maximum atomic E-state index is 12.6. The molecule has 2 aromatic rings. The van der Waals surface area contributed by atoms with Crippen molar-refractivity contribution in [2.75, 3.05) is 12.4 Å². The minimum absolute atomic E-state index is 0.303. The van der Waals surface area contributed by atoms with Crippen LogP contribution in [-0.2, 0) is 14.3 Å². The number of nitrogens with one attached hydrogen (secondary N) is 1. The molecular formula is C18H17NO4. The fourth-order valence-electron chi connectivity index (χ4n) is 2.11. The van der Waals surface area contributed by atoms with Gasteiger partial charge in [-0.2, -0.15) is 0 Å². The maximum absolute atomic E-state index is 12.6. The maximum Gasteiger partial charge on any atom is 0.306 e. The Balaban J connectivity index is 2.21. The van der Waals surface area contributed by atoms with E-state index in [1.54, 1.807) is 54.6 Å². The number of hydrogen-bond donors (Lipinski definition) is 1. The van der Waals surface area contributed by atoms with E-state index in [0.717, 1.165) is 0 Å². The molecule has 1 amide bonds. The topological polar surface area (TPSA) is 72.5 Å². The molecule has 1 atom stereocenters. The van der Waals surface area contributed by atoms with Gasteiger partial charge in [0.15, 0.2) is 5.78 Å². The number of Topliss-reactive ketones (excluding diaryl/α,β-unsaturated/α-hetero) is 1. The summed E-state index contributed by atoms with van der Waals surface area (Å²) < 4.78 is 4.60. The Kier molecular flexibility index (Phi) is 5.63. The Morgan fingerprint density at radius 2 is 1.52 bits per heavy atom. The summed E-state index contributed by atoms with van der Waals surface area (Å²) in [6, 6.07) is 17.2. The van der Waals surface area contributed by atoms with Crippen LogP contribution >= 0.6 is 0 Å². The largest absolute Gasteiger partial charge is 0.469 e. The van der Waals surface area contributed by atoms with Crippen LogP contribution in [0.1, 0.15) is 16.8 Å². The van der Waals surface area contributed by atoms with Crippen molar-refractivity contribution < 1.29 is 19.1 Å². The first-order chi connectivity index (χ1) is 11.1. The van der Waals surface area contributed by atoms with Gasteiger partial charge in [-0.3, -0.25) is 14.4 Å². The normalized spacial score (nSPS) is 11.3. The Morgan fingerprint density at radius 1 is 0.957 bits per heavy atom. The van der Waals surface area contributed by atoms with Crippen molar-refractivity contribution in [3.63, 3.8) is 0 Å². The van der Waals surface area contributed by atoms with E-state index >= 15 is 0 Å². The van der Waals surface area contributed by atoms with Crippen molar-refractivity contribution in [3.8, 4) is 0 Å². The Morgan fingerprint density at radius 3 is 2.09 bits per heavy atom. The highest BCUT2D eigenvalue weighted by molar-refractivity contribution is 6.15. The van der Waals surface area contributed by atoms with Crippen LogP contribution in [0.15, 0.2) is 60.7 Å². The summed E-state index contributed by atoms with van der Waals surface area (Å²) in [6.45, 7) is 0. The van der Waals surface area contributed by atoms with Gasteiger partial charge in [0.25, 0.3) is 0 Å². The van der Waals surface area contributed by atoms with Crippen LogP contribution in [0.25, 0.3) is 0 Å². The lowest BCUT2D eigenvalue weighted by atomic mass is 9.93. The molecule has 2 rings (SSSR count). The van der Waals surface area contributed by atoms with Crippen molar-refractivity contribution in [1.29, 1.82) is 0 Å². The van der Waals surface area contributed by atoms with Crippen molar-refractivity contribution in [2.45, 2.75) is 6.42 Å². The molecule has 0 bridgehead atoms. The zero-order valence-electron chi connectivity index (χ0n) is 12.7. The fourth-order valence-corrected chi connectivity index (χ4v) is 2.11. The standard InChI is InChI=1S/C18H17NO4/c1-23-16(20)12-15(17(21)13-8-4-2-5-9-13)18(22)19-14-10-6-3-7-11-14/h2-11,15H,12H2,1H3,(H,19,22). The number of anilines is 1. The highest BCUT2D eigenvalue weighted by Crippen LogP contribution is 2.17. The molecular weight excluding hydrogens is 294 g/mol. The van der Waals surface area contributed by atoms with Gasteiger partial charge in [0.2, 0.25) is 5.91 Å². The molecule has 0 radical (unpaired) electrons. The van der Waals surface area contributed by atoms with Crippen molar-refractivity contribution >= 4 is 23.3 Å². The SMILES string of the molecule is COC(=O)CC(C(=O)Nc1ccccc1)C(=O)c1ccccc1. The zero-order valence-corrected chi connectivity index (χ0v) is 12.7. The van der Waals surface area contributed by atoms with Crippen LogP contribution in [-0.4, -0.2) is 24.8 Å². The Hall–Kier alpha value is -2.95. The van der Waals surface area contributed by atoms with Crippen LogP contribution < -0.4 is 5.32 Å². The second kappa shape index (κ2) is 7.89. The number of amides is 1. The molecule has 0 heterocycles. The molecule has 0 aliphatic rings. The van der Waals surface area contributed by atoms with Gasteiger partial charge in [-0.05, 0) is 12.1 Å². The fraction of sp³-hybridized carbons (Fsp3) is 0.167. The molecule has 0 spiro atoms. The summed E-state index contributed by atoms with van der Waals surface area (Å²) in [7, 11) is 1.22. The monoisotopic (exact) mass is 311 g/mol. The summed E-state index contributed by atoms with van der Waals surface area (Å²) >= 11 is 0. The predicted octanol–water partition coefficient (Wildman–Crippen LogP) is 2.69. The third-order valence-corrected chi connectivity index (χ3v) is 3.33. The number of ether oxygens (including phenoxy) is 1. The van der Waals surface area contributed by atoms with Gasteiger partial charge < -0.3 is 10.1 Å². The van der Waals surface area contributed by atoms with Gasteiger partial charge in [0, 0.05) is 11.3 Å². The number of hydrogen-bond acceptors (Lipinski definition) is 4. The number of methoxy groups -OCH3 is 1. The third-order valence-electron chi connectivity index (χ3n) is 3.33. The minimum atomic E-state index is -1.13. The molecule has 1 N–H and O–H groups in total. The van der Waals surface area contributed by atoms with Gasteiger partial charge in [0.05, 0.1) is 13.5 Å². The molecule has 0 aliphatic carbocycles. The lowest BCUT2D eigenvalue weighted by molar-refractivity contribution is -0.142. The van der Waals surface area contributed by atoms with E-state index < -0.39 is 23.6 Å². The third kappa shape index (κ3) is 4.51. The molecule has 0 saturated heterocycles. The van der Waals surface area contributed by atoms with E-state index in [1.807, 2.05) is 6.07 Å². The highest BCUT2D eigenvalue weighted by Gasteiger charge is 2.30. The lowest BCUT2D eigenvalue weighted by Crippen LogP contribution is -2.32. The van der Waals surface area contributed by atoms with Gasteiger partial charge in [0.1, 0.15) is 5.92 Å². The molecule has 118 valence electrons. The Labute approximate surface area is 134 Å². The van der Waals surface area contributed by atoms with E-state index in [9.17, 15) is 14.4 Å². The first kappa shape index (κ1) is 16.4. The summed E-state index contributed by atoms with van der Waals surface area (Å²) in [5, 5.41) is 2.65. The number of carbonyl (C=O) groups excluding carboxylic acids is 3.